The molecule has 0 spiro atoms. The quantitative estimate of drug-likeness (QED) is 0.670. The lowest BCUT2D eigenvalue weighted by Crippen LogP contribution is -2.26. The van der Waals surface area contributed by atoms with Crippen LogP contribution in [0, 0.1) is 0 Å². The molecule has 0 unspecified atom stereocenters. The number of hydrogen-bond acceptors (Lipinski definition) is 3. The van der Waals surface area contributed by atoms with Crippen molar-refractivity contribution in [2.24, 2.45) is 0 Å². The standard InChI is InChI=1S/C16H23BrN2O2/c1-2-8-18-11-12-3-6-15(14(17)10-12)21-9-7-16(20)19-13-4-5-13/h3,6,10,13,18H,2,4-5,7-9,11H2,1H3,(H,19,20). The predicted molar refractivity (Wildman–Crippen MR) is 87.4 cm³/mol. The maximum Gasteiger partial charge on any atom is 0.223 e. The molecule has 116 valence electrons. The first-order valence-corrected chi connectivity index (χ1v) is 8.39. The Morgan fingerprint density at radius 2 is 2.24 bits per heavy atom. The van der Waals surface area contributed by atoms with E-state index < -0.39 is 0 Å². The summed E-state index contributed by atoms with van der Waals surface area (Å²) >= 11 is 3.52. The van der Waals surface area contributed by atoms with Crippen LogP contribution in [0.15, 0.2) is 22.7 Å². The highest BCUT2D eigenvalue weighted by Crippen LogP contribution is 2.26. The summed E-state index contributed by atoms with van der Waals surface area (Å²) in [6.07, 6.45) is 3.77. The second kappa shape index (κ2) is 8.39. The fourth-order valence-electron chi connectivity index (χ4n) is 1.96. The second-order valence-electron chi connectivity index (χ2n) is 5.38. The molecule has 0 aromatic heterocycles. The molecule has 1 aliphatic rings. The average Bonchev–Trinajstić information content (AvgIpc) is 3.25. The molecular formula is C16H23BrN2O2. The van der Waals surface area contributed by atoms with Crippen molar-refractivity contribution in [3.05, 3.63) is 28.2 Å². The average molecular weight is 355 g/mol. The molecule has 2 N–H and O–H groups in total. The van der Waals surface area contributed by atoms with Crippen molar-refractivity contribution in [3.8, 4) is 5.75 Å². The summed E-state index contributed by atoms with van der Waals surface area (Å²) in [5, 5.41) is 6.32. The Kier molecular flexibility index (Phi) is 6.51. The zero-order valence-corrected chi connectivity index (χ0v) is 14.0. The van der Waals surface area contributed by atoms with Crippen LogP contribution in [0.3, 0.4) is 0 Å². The molecule has 0 bridgehead atoms. The lowest BCUT2D eigenvalue weighted by molar-refractivity contribution is -0.121. The molecular weight excluding hydrogens is 332 g/mol. The maximum atomic E-state index is 11.6. The Morgan fingerprint density at radius 3 is 2.90 bits per heavy atom. The molecule has 1 saturated carbocycles. The van der Waals surface area contributed by atoms with E-state index in [1.807, 2.05) is 12.1 Å². The van der Waals surface area contributed by atoms with Gasteiger partial charge in [-0.05, 0) is 59.4 Å². The third-order valence-corrected chi connectivity index (χ3v) is 3.90. The number of ether oxygens (including phenoxy) is 1. The maximum absolute atomic E-state index is 11.6. The molecule has 2 rings (SSSR count). The topological polar surface area (TPSA) is 50.4 Å². The van der Waals surface area contributed by atoms with E-state index in [9.17, 15) is 4.79 Å². The van der Waals surface area contributed by atoms with Gasteiger partial charge in [-0.25, -0.2) is 0 Å². The molecule has 0 heterocycles. The van der Waals surface area contributed by atoms with Crippen LogP contribution in [0.1, 0.15) is 38.2 Å². The summed E-state index contributed by atoms with van der Waals surface area (Å²) in [5.74, 6) is 0.863. The number of amides is 1. The Bertz CT molecular complexity index is 475. The van der Waals surface area contributed by atoms with E-state index in [4.69, 9.17) is 4.74 Å². The molecule has 0 aliphatic heterocycles. The highest BCUT2D eigenvalue weighted by molar-refractivity contribution is 9.10. The van der Waals surface area contributed by atoms with E-state index >= 15 is 0 Å². The molecule has 21 heavy (non-hydrogen) atoms. The van der Waals surface area contributed by atoms with E-state index in [1.165, 1.54) is 5.56 Å². The minimum atomic E-state index is 0.0778. The fraction of sp³-hybridized carbons (Fsp3) is 0.562. The van der Waals surface area contributed by atoms with E-state index in [0.717, 1.165) is 42.6 Å². The van der Waals surface area contributed by atoms with E-state index in [-0.39, 0.29) is 5.91 Å². The monoisotopic (exact) mass is 354 g/mol. The molecule has 1 aromatic carbocycles. The van der Waals surface area contributed by atoms with Gasteiger partial charge in [-0.1, -0.05) is 13.0 Å². The number of rotatable bonds is 9. The second-order valence-corrected chi connectivity index (χ2v) is 6.24. The van der Waals surface area contributed by atoms with E-state index in [2.05, 4.69) is 39.6 Å². The Labute approximate surface area is 134 Å². The lowest BCUT2D eigenvalue weighted by atomic mass is 10.2. The summed E-state index contributed by atoms with van der Waals surface area (Å²) in [6, 6.07) is 6.47. The summed E-state index contributed by atoms with van der Waals surface area (Å²) in [7, 11) is 0. The van der Waals surface area contributed by atoms with Crippen LogP contribution in [0.4, 0.5) is 0 Å². The fourth-order valence-corrected chi connectivity index (χ4v) is 2.50. The van der Waals surface area contributed by atoms with Crippen molar-refractivity contribution in [1.29, 1.82) is 0 Å². The number of carbonyl (C=O) groups excluding carboxylic acids is 1. The Morgan fingerprint density at radius 1 is 1.43 bits per heavy atom. The van der Waals surface area contributed by atoms with Crippen molar-refractivity contribution in [2.45, 2.75) is 45.2 Å². The number of hydrogen-bond donors (Lipinski definition) is 2. The molecule has 4 nitrogen and oxygen atoms in total. The number of halogens is 1. The first-order chi connectivity index (χ1) is 10.2. The third-order valence-electron chi connectivity index (χ3n) is 3.28. The van der Waals surface area contributed by atoms with Gasteiger partial charge in [0.15, 0.2) is 0 Å². The highest BCUT2D eigenvalue weighted by Gasteiger charge is 2.22. The molecule has 1 fully saturated rings. The van der Waals surface area contributed by atoms with Crippen molar-refractivity contribution < 1.29 is 9.53 Å². The first kappa shape index (κ1) is 16.3. The summed E-state index contributed by atoms with van der Waals surface area (Å²) in [5.41, 5.74) is 1.22. The summed E-state index contributed by atoms with van der Waals surface area (Å²) in [4.78, 5) is 11.6. The Hall–Kier alpha value is -1.07. The molecule has 0 saturated heterocycles. The number of benzene rings is 1. The van der Waals surface area contributed by atoms with Crippen LogP contribution in [0.25, 0.3) is 0 Å². The van der Waals surface area contributed by atoms with Crippen molar-refractivity contribution in [3.63, 3.8) is 0 Å². The van der Waals surface area contributed by atoms with Crippen molar-refractivity contribution >= 4 is 21.8 Å². The highest BCUT2D eigenvalue weighted by atomic mass is 79.9. The summed E-state index contributed by atoms with van der Waals surface area (Å²) in [6.45, 7) is 4.44. The predicted octanol–water partition coefficient (Wildman–Crippen LogP) is 3.00. The Balaban J connectivity index is 1.73. The van der Waals surface area contributed by atoms with Crippen LogP contribution in [0.5, 0.6) is 5.75 Å². The van der Waals surface area contributed by atoms with E-state index in [0.29, 0.717) is 19.1 Å². The third kappa shape index (κ3) is 6.06. The molecule has 1 amide bonds. The van der Waals surface area contributed by atoms with Crippen molar-refractivity contribution in [1.82, 2.24) is 10.6 Å². The molecule has 5 heteroatoms. The van der Waals surface area contributed by atoms with Crippen LogP contribution < -0.4 is 15.4 Å². The molecule has 1 aromatic rings. The minimum absolute atomic E-state index is 0.0778. The van der Waals surface area contributed by atoms with E-state index in [1.54, 1.807) is 0 Å². The van der Waals surface area contributed by atoms with Gasteiger partial charge in [0.25, 0.3) is 0 Å². The lowest BCUT2D eigenvalue weighted by Gasteiger charge is -2.10. The molecule has 0 radical (unpaired) electrons. The van der Waals surface area contributed by atoms with Crippen LogP contribution >= 0.6 is 15.9 Å². The zero-order valence-electron chi connectivity index (χ0n) is 12.5. The van der Waals surface area contributed by atoms with Gasteiger partial charge < -0.3 is 15.4 Å². The van der Waals surface area contributed by atoms with Crippen LogP contribution in [-0.2, 0) is 11.3 Å². The van der Waals surface area contributed by atoms with Gasteiger partial charge >= 0.3 is 0 Å². The van der Waals surface area contributed by atoms with Gasteiger partial charge in [0.2, 0.25) is 5.91 Å². The van der Waals surface area contributed by atoms with Crippen molar-refractivity contribution in [2.75, 3.05) is 13.2 Å². The van der Waals surface area contributed by atoms with Gasteiger partial charge in [-0.2, -0.15) is 0 Å². The number of nitrogens with one attached hydrogen (secondary N) is 2. The SMILES string of the molecule is CCCNCc1ccc(OCCC(=O)NC2CC2)c(Br)c1. The van der Waals surface area contributed by atoms with Gasteiger partial charge in [-0.15, -0.1) is 0 Å². The normalized spacial score (nSPS) is 14.0. The zero-order chi connectivity index (χ0) is 15.1. The minimum Gasteiger partial charge on any atom is -0.492 e. The van der Waals surface area contributed by atoms with Gasteiger partial charge in [0.05, 0.1) is 17.5 Å². The van der Waals surface area contributed by atoms with Gasteiger partial charge in [0.1, 0.15) is 5.75 Å². The number of carbonyl (C=O) groups is 1. The van der Waals surface area contributed by atoms with Crippen LogP contribution in [-0.4, -0.2) is 25.1 Å². The smallest absolute Gasteiger partial charge is 0.223 e. The first-order valence-electron chi connectivity index (χ1n) is 7.60. The van der Waals surface area contributed by atoms with Gasteiger partial charge in [-0.3, -0.25) is 4.79 Å². The molecule has 0 atom stereocenters. The van der Waals surface area contributed by atoms with Gasteiger partial charge in [0, 0.05) is 12.6 Å². The summed E-state index contributed by atoms with van der Waals surface area (Å²) < 4.78 is 6.59. The van der Waals surface area contributed by atoms with Crippen LogP contribution in [0.2, 0.25) is 0 Å². The largest absolute Gasteiger partial charge is 0.492 e. The molecule has 1 aliphatic carbocycles.